The van der Waals surface area contributed by atoms with E-state index in [9.17, 15) is 0 Å². The zero-order valence-electron chi connectivity index (χ0n) is 38.9. The third-order valence-electron chi connectivity index (χ3n) is 14.8. The summed E-state index contributed by atoms with van der Waals surface area (Å²) in [6.45, 7) is 4.56. The van der Waals surface area contributed by atoms with Crippen molar-refractivity contribution < 1.29 is 0 Å². The third kappa shape index (κ3) is 10.6. The molecule has 2 aliphatic carbocycles. The van der Waals surface area contributed by atoms with Crippen LogP contribution in [0.1, 0.15) is 173 Å². The van der Waals surface area contributed by atoms with E-state index in [0.717, 1.165) is 12.8 Å². The predicted octanol–water partition coefficient (Wildman–Crippen LogP) is 19.2. The zero-order valence-corrected chi connectivity index (χ0v) is 38.9. The van der Waals surface area contributed by atoms with Crippen LogP contribution >= 0.6 is 0 Å². The lowest BCUT2D eigenvalue weighted by Crippen LogP contribution is -2.04. The van der Waals surface area contributed by atoms with Gasteiger partial charge >= 0.3 is 0 Å². The van der Waals surface area contributed by atoms with Gasteiger partial charge in [0.2, 0.25) is 0 Å². The van der Waals surface area contributed by atoms with E-state index in [1.54, 1.807) is 0 Å². The van der Waals surface area contributed by atoms with Crippen LogP contribution in [0.5, 0.6) is 0 Å². The molecule has 0 nitrogen and oxygen atoms in total. The number of rotatable bonds is 16. The van der Waals surface area contributed by atoms with Gasteiger partial charge < -0.3 is 0 Å². The lowest BCUT2D eigenvalue weighted by Gasteiger charge is -2.23. The molecular formula is C64H70. The Hall–Kier alpha value is -5.46. The van der Waals surface area contributed by atoms with Crippen LogP contribution in [0.4, 0.5) is 0 Å². The minimum atomic E-state index is 0.684. The normalized spacial score (nSPS) is 15.3. The summed E-state index contributed by atoms with van der Waals surface area (Å²) < 4.78 is 0. The lowest BCUT2D eigenvalue weighted by molar-refractivity contribution is 0.443. The molecule has 0 radical (unpaired) electrons. The summed E-state index contributed by atoms with van der Waals surface area (Å²) in [4.78, 5) is 0. The van der Waals surface area contributed by atoms with Gasteiger partial charge in [-0.15, -0.1) is 0 Å². The molecule has 64 heavy (non-hydrogen) atoms. The molecule has 0 spiro atoms. The summed E-state index contributed by atoms with van der Waals surface area (Å²) in [5, 5.41) is 5.27. The van der Waals surface area contributed by atoms with Crippen molar-refractivity contribution in [1.29, 1.82) is 0 Å². The molecule has 0 N–H and O–H groups in total. The molecule has 2 fully saturated rings. The molecule has 0 amide bonds. The van der Waals surface area contributed by atoms with Crippen molar-refractivity contribution in [3.63, 3.8) is 0 Å². The van der Waals surface area contributed by atoms with E-state index in [4.69, 9.17) is 0 Å². The SMILES string of the molecule is CCCCCc1ccc(/C=C/c2ccc3c(-c4ccc(C5CCCCC5)cc4)c4cc(/C=C/c5ccc(CCCCC)cc5)ccc4c(-c4ccc(C5CCCCC5)cc4)c3c2)cc1. The Labute approximate surface area is 385 Å². The van der Waals surface area contributed by atoms with Crippen molar-refractivity contribution >= 4 is 45.8 Å². The average molecular weight is 839 g/mol. The highest BCUT2D eigenvalue weighted by molar-refractivity contribution is 6.22. The van der Waals surface area contributed by atoms with Gasteiger partial charge in [0.1, 0.15) is 0 Å². The van der Waals surface area contributed by atoms with Crippen LogP contribution in [0, 0.1) is 0 Å². The second-order valence-electron chi connectivity index (χ2n) is 19.3. The van der Waals surface area contributed by atoms with Gasteiger partial charge in [-0.05, 0) is 164 Å². The van der Waals surface area contributed by atoms with E-state index in [2.05, 4.69) is 172 Å². The second kappa shape index (κ2) is 21.5. The highest BCUT2D eigenvalue weighted by Gasteiger charge is 2.21. The molecular weight excluding hydrogens is 769 g/mol. The van der Waals surface area contributed by atoms with Gasteiger partial charge in [0, 0.05) is 0 Å². The van der Waals surface area contributed by atoms with Gasteiger partial charge in [-0.2, -0.15) is 0 Å². The number of hydrogen-bond acceptors (Lipinski definition) is 0. The molecule has 2 saturated carbocycles. The zero-order chi connectivity index (χ0) is 43.5. The molecule has 0 bridgehead atoms. The maximum atomic E-state index is 2.47. The standard InChI is InChI=1S/C64H70/c1-3-5-9-15-47-21-25-49(26-22-47)29-31-51-33-43-59-61(45-51)63(57-39-35-55(36-40-57)53-17-11-7-12-18-53)60-44-34-52(32-30-50-27-23-48(24-28-50)16-10-6-4-2)46-62(60)64(59)58-41-37-56(38-42-58)54-19-13-8-14-20-54/h21-46,53-54H,3-20H2,1-2H3/b31-29+,32-30+. The molecule has 9 rings (SSSR count). The van der Waals surface area contributed by atoms with Crippen molar-refractivity contribution in [2.45, 2.75) is 141 Å². The summed E-state index contributed by atoms with van der Waals surface area (Å²) in [5.41, 5.74) is 16.1. The number of fused-ring (bicyclic) bond motifs is 2. The van der Waals surface area contributed by atoms with Crippen LogP contribution in [0.25, 0.3) is 68.1 Å². The topological polar surface area (TPSA) is 0 Å². The Balaban J connectivity index is 1.16. The van der Waals surface area contributed by atoms with Crippen molar-refractivity contribution in [3.8, 4) is 22.3 Å². The van der Waals surface area contributed by atoms with Crippen molar-refractivity contribution in [2.75, 3.05) is 0 Å². The van der Waals surface area contributed by atoms with Gasteiger partial charge in [-0.3, -0.25) is 0 Å². The number of benzene rings is 7. The number of hydrogen-bond donors (Lipinski definition) is 0. The molecule has 0 aromatic heterocycles. The molecule has 0 atom stereocenters. The Kier molecular flexibility index (Phi) is 14.7. The first-order valence-corrected chi connectivity index (χ1v) is 25.4. The maximum Gasteiger partial charge on any atom is -0.00261 e. The van der Waals surface area contributed by atoms with E-state index in [1.807, 2.05) is 0 Å². The van der Waals surface area contributed by atoms with E-state index in [0.29, 0.717) is 11.8 Å². The molecule has 7 aromatic rings. The maximum absolute atomic E-state index is 2.47. The second-order valence-corrected chi connectivity index (χ2v) is 19.3. The Morgan fingerprint density at radius 1 is 0.359 bits per heavy atom. The first kappa shape index (κ1) is 43.8. The molecule has 2 aliphatic rings. The summed E-state index contributed by atoms with van der Waals surface area (Å²) in [5.74, 6) is 1.37. The van der Waals surface area contributed by atoms with Crippen molar-refractivity contribution in [3.05, 3.63) is 178 Å². The highest BCUT2D eigenvalue weighted by Crippen LogP contribution is 2.46. The molecule has 326 valence electrons. The smallest absolute Gasteiger partial charge is 0.00261 e. The summed E-state index contributed by atoms with van der Waals surface area (Å²) in [6, 6.07) is 52.4. The Bertz CT molecular complexity index is 2450. The van der Waals surface area contributed by atoms with Crippen LogP contribution in [0.15, 0.2) is 133 Å². The first-order chi connectivity index (χ1) is 31.6. The fraction of sp³-hybridized carbons (Fsp3) is 0.344. The molecule has 0 aliphatic heterocycles. The van der Waals surface area contributed by atoms with Gasteiger partial charge in [0.25, 0.3) is 0 Å². The fourth-order valence-electron chi connectivity index (χ4n) is 10.9. The molecule has 0 heterocycles. The Morgan fingerprint density at radius 2 is 0.719 bits per heavy atom. The average Bonchev–Trinajstić information content (AvgIpc) is 3.36. The summed E-state index contributed by atoms with van der Waals surface area (Å²) >= 11 is 0. The van der Waals surface area contributed by atoms with E-state index in [1.165, 1.54) is 191 Å². The predicted molar refractivity (Wildman–Crippen MR) is 281 cm³/mol. The van der Waals surface area contributed by atoms with E-state index >= 15 is 0 Å². The minimum absolute atomic E-state index is 0.684. The molecule has 0 heteroatoms. The summed E-state index contributed by atoms with van der Waals surface area (Å²) in [7, 11) is 0. The third-order valence-corrected chi connectivity index (χ3v) is 14.8. The highest BCUT2D eigenvalue weighted by atomic mass is 14.2. The number of unbranched alkanes of at least 4 members (excludes halogenated alkanes) is 4. The lowest BCUT2D eigenvalue weighted by atomic mass is 9.81. The van der Waals surface area contributed by atoms with Crippen LogP contribution < -0.4 is 0 Å². The van der Waals surface area contributed by atoms with Gasteiger partial charge in [-0.1, -0.05) is 224 Å². The molecule has 7 aromatic carbocycles. The van der Waals surface area contributed by atoms with Gasteiger partial charge in [-0.25, -0.2) is 0 Å². The van der Waals surface area contributed by atoms with Gasteiger partial charge in [0.05, 0.1) is 0 Å². The quantitative estimate of drug-likeness (QED) is 0.0517. The first-order valence-electron chi connectivity index (χ1n) is 25.4. The largest absolute Gasteiger partial charge is 0.0654 e. The van der Waals surface area contributed by atoms with E-state index < -0.39 is 0 Å². The van der Waals surface area contributed by atoms with Crippen LogP contribution in [0.3, 0.4) is 0 Å². The van der Waals surface area contributed by atoms with Gasteiger partial charge in [0.15, 0.2) is 0 Å². The monoisotopic (exact) mass is 839 g/mol. The Morgan fingerprint density at radius 3 is 1.09 bits per heavy atom. The fourth-order valence-corrected chi connectivity index (χ4v) is 10.9. The van der Waals surface area contributed by atoms with Crippen LogP contribution in [0.2, 0.25) is 0 Å². The number of aryl methyl sites for hydroxylation is 2. The van der Waals surface area contributed by atoms with Crippen LogP contribution in [-0.4, -0.2) is 0 Å². The van der Waals surface area contributed by atoms with Crippen LogP contribution in [-0.2, 0) is 12.8 Å². The minimum Gasteiger partial charge on any atom is -0.0654 e. The van der Waals surface area contributed by atoms with E-state index in [-0.39, 0.29) is 0 Å². The molecule has 0 unspecified atom stereocenters. The van der Waals surface area contributed by atoms with Crippen molar-refractivity contribution in [1.82, 2.24) is 0 Å². The molecule has 0 saturated heterocycles. The summed E-state index contributed by atoms with van der Waals surface area (Å²) in [6.07, 6.45) is 32.6. The van der Waals surface area contributed by atoms with Crippen molar-refractivity contribution in [2.24, 2.45) is 0 Å².